The van der Waals surface area contributed by atoms with Crippen molar-refractivity contribution in [3.63, 3.8) is 0 Å². The number of piperazine rings is 1. The normalized spacial score (nSPS) is 19.1. The Bertz CT molecular complexity index is 1140. The number of carbonyl (C=O) groups is 4. The molecule has 12 heteroatoms. The van der Waals surface area contributed by atoms with E-state index in [-0.39, 0.29) is 44.2 Å². The number of fused-ring (bicyclic) bond motifs is 1. The number of ether oxygens (including phenoxy) is 1. The first-order valence-electron chi connectivity index (χ1n) is 12.6. The Morgan fingerprint density at radius 1 is 1.05 bits per heavy atom. The minimum absolute atomic E-state index is 0.000958. The first kappa shape index (κ1) is 26.3. The van der Waals surface area contributed by atoms with Crippen LogP contribution in [0.1, 0.15) is 19.4 Å². The number of primary amides is 1. The molecule has 2 atom stereocenters. The van der Waals surface area contributed by atoms with Crippen molar-refractivity contribution < 1.29 is 23.9 Å². The Hall–Kier alpha value is -3.80. The van der Waals surface area contributed by atoms with E-state index in [4.69, 9.17) is 10.5 Å². The molecular formula is C25H35N7O5. The average molecular weight is 514 g/mol. The number of nitrogens with two attached hydrogens (primary N) is 1. The fraction of sp³-hybridized carbons (Fsp3) is 0.520. The third kappa shape index (κ3) is 6.13. The molecule has 5 N–H and O–H groups in total. The molecule has 0 aliphatic carbocycles. The number of para-hydroxylation sites is 1. The Labute approximate surface area is 215 Å². The summed E-state index contributed by atoms with van der Waals surface area (Å²) >= 11 is 0. The summed E-state index contributed by atoms with van der Waals surface area (Å²) in [5, 5.41) is 6.52. The van der Waals surface area contributed by atoms with E-state index in [1.54, 1.807) is 11.1 Å². The summed E-state index contributed by atoms with van der Waals surface area (Å²) in [5.41, 5.74) is 7.42. The maximum Gasteiger partial charge on any atom is 0.320 e. The number of aromatic amines is 1. The van der Waals surface area contributed by atoms with Gasteiger partial charge in [-0.25, -0.2) is 9.59 Å². The van der Waals surface area contributed by atoms with Crippen LogP contribution in [0.4, 0.5) is 9.59 Å². The van der Waals surface area contributed by atoms with Crippen molar-refractivity contribution in [2.24, 2.45) is 5.73 Å². The molecule has 2 aliphatic heterocycles. The molecule has 4 rings (SSSR count). The second-order valence-corrected chi connectivity index (χ2v) is 9.67. The van der Waals surface area contributed by atoms with Gasteiger partial charge in [-0.1, -0.05) is 18.2 Å². The zero-order valence-corrected chi connectivity index (χ0v) is 21.2. The van der Waals surface area contributed by atoms with Gasteiger partial charge >= 0.3 is 12.1 Å². The fourth-order valence-corrected chi connectivity index (χ4v) is 4.71. The summed E-state index contributed by atoms with van der Waals surface area (Å²) in [5.74, 6) is -1.22. The summed E-state index contributed by atoms with van der Waals surface area (Å²) in [4.78, 5) is 59.8. The number of nitrogens with zero attached hydrogens (tertiary/aromatic N) is 3. The summed E-state index contributed by atoms with van der Waals surface area (Å²) in [6.07, 6.45) is 1.98. The van der Waals surface area contributed by atoms with Crippen molar-refractivity contribution in [2.45, 2.75) is 38.4 Å². The molecule has 2 saturated heterocycles. The number of amides is 6. The van der Waals surface area contributed by atoms with E-state index in [0.29, 0.717) is 26.3 Å². The van der Waals surface area contributed by atoms with Gasteiger partial charge in [0, 0.05) is 55.7 Å². The maximum atomic E-state index is 13.6. The topological polar surface area (TPSA) is 153 Å². The minimum Gasteiger partial charge on any atom is -0.378 e. The second-order valence-electron chi connectivity index (χ2n) is 9.67. The van der Waals surface area contributed by atoms with Crippen molar-refractivity contribution in [2.75, 3.05) is 45.9 Å². The zero-order chi connectivity index (χ0) is 26.5. The first-order valence-corrected chi connectivity index (χ1v) is 12.6. The van der Waals surface area contributed by atoms with Crippen molar-refractivity contribution in [1.29, 1.82) is 0 Å². The highest BCUT2D eigenvalue weighted by atomic mass is 16.5. The number of aromatic nitrogens is 1. The average Bonchev–Trinajstić information content (AvgIpc) is 3.30. The number of hydrogen-bond donors (Lipinski definition) is 4. The molecule has 0 bridgehead atoms. The van der Waals surface area contributed by atoms with Crippen LogP contribution in [0.5, 0.6) is 0 Å². The number of benzene rings is 1. The summed E-state index contributed by atoms with van der Waals surface area (Å²) < 4.78 is 5.35. The van der Waals surface area contributed by atoms with Crippen LogP contribution in [-0.4, -0.2) is 108 Å². The molecule has 0 radical (unpaired) electrons. The standard InChI is InChI=1S/C25H35N7O5/c1-16(2)28-24(35)31-7-8-32(25(36)30-9-11-37-12-10-30)21(15-31)23(34)29-20(22(26)33)13-17-14-27-19-6-4-3-5-18(17)19/h3-6,14,16,20-21,27H,7-13,15H2,1-2H3,(H2,26,33)(H,28,35)(H,29,34)/t20-,21-/m1/s1. The van der Waals surface area contributed by atoms with E-state index in [9.17, 15) is 19.2 Å². The van der Waals surface area contributed by atoms with E-state index in [1.807, 2.05) is 38.1 Å². The van der Waals surface area contributed by atoms with Crippen LogP contribution in [-0.2, 0) is 20.7 Å². The largest absolute Gasteiger partial charge is 0.378 e. The number of carbonyl (C=O) groups excluding carboxylic acids is 4. The van der Waals surface area contributed by atoms with Gasteiger partial charge in [0.05, 0.1) is 19.8 Å². The number of morpholine rings is 1. The van der Waals surface area contributed by atoms with Gasteiger partial charge in [-0.15, -0.1) is 0 Å². The molecule has 0 unspecified atom stereocenters. The molecule has 0 saturated carbocycles. The highest BCUT2D eigenvalue weighted by Crippen LogP contribution is 2.20. The Balaban J connectivity index is 1.53. The van der Waals surface area contributed by atoms with Crippen LogP contribution >= 0.6 is 0 Å². The molecular weight excluding hydrogens is 478 g/mol. The van der Waals surface area contributed by atoms with Crippen molar-refractivity contribution in [3.05, 3.63) is 36.0 Å². The van der Waals surface area contributed by atoms with Crippen LogP contribution in [0.3, 0.4) is 0 Å². The molecule has 1 aromatic heterocycles. The highest BCUT2D eigenvalue weighted by Gasteiger charge is 2.40. The maximum absolute atomic E-state index is 13.6. The number of urea groups is 2. The molecule has 2 aliphatic rings. The molecule has 12 nitrogen and oxygen atoms in total. The van der Waals surface area contributed by atoms with Crippen molar-refractivity contribution in [3.8, 4) is 0 Å². The van der Waals surface area contributed by atoms with Crippen LogP contribution in [0, 0.1) is 0 Å². The van der Waals surface area contributed by atoms with Gasteiger partial charge in [0.25, 0.3) is 0 Å². The number of H-pyrrole nitrogens is 1. The SMILES string of the molecule is CC(C)NC(=O)N1CCN(C(=O)N2CCOCC2)[C@@H](C(=O)N[C@H](Cc2c[nH]c3ccccc23)C(N)=O)C1. The second kappa shape index (κ2) is 11.5. The highest BCUT2D eigenvalue weighted by molar-refractivity contribution is 5.93. The third-order valence-electron chi connectivity index (χ3n) is 6.67. The molecule has 200 valence electrons. The fourth-order valence-electron chi connectivity index (χ4n) is 4.71. The van der Waals surface area contributed by atoms with Gasteiger partial charge in [0.2, 0.25) is 11.8 Å². The number of hydrogen-bond acceptors (Lipinski definition) is 5. The van der Waals surface area contributed by atoms with Crippen LogP contribution in [0.15, 0.2) is 30.5 Å². The van der Waals surface area contributed by atoms with Crippen molar-refractivity contribution in [1.82, 2.24) is 30.3 Å². The number of nitrogens with one attached hydrogen (secondary N) is 3. The first-order chi connectivity index (χ1) is 17.7. The zero-order valence-electron chi connectivity index (χ0n) is 21.2. The predicted octanol–water partition coefficient (Wildman–Crippen LogP) is 0.237. The van der Waals surface area contributed by atoms with Gasteiger partial charge in [-0.3, -0.25) is 9.59 Å². The Morgan fingerprint density at radius 2 is 1.78 bits per heavy atom. The summed E-state index contributed by atoms with van der Waals surface area (Å²) in [7, 11) is 0. The molecule has 3 heterocycles. The monoisotopic (exact) mass is 513 g/mol. The summed E-state index contributed by atoms with van der Waals surface area (Å²) in [6.45, 7) is 5.86. The van der Waals surface area contributed by atoms with Gasteiger partial charge in [0.1, 0.15) is 12.1 Å². The lowest BCUT2D eigenvalue weighted by Crippen LogP contribution is -2.66. The van der Waals surface area contributed by atoms with Crippen LogP contribution < -0.4 is 16.4 Å². The molecule has 6 amide bonds. The molecule has 0 spiro atoms. The van der Waals surface area contributed by atoms with E-state index >= 15 is 0 Å². The Morgan fingerprint density at radius 3 is 2.49 bits per heavy atom. The van der Waals surface area contributed by atoms with Crippen molar-refractivity contribution >= 4 is 34.8 Å². The van der Waals surface area contributed by atoms with E-state index in [1.165, 1.54) is 9.80 Å². The number of rotatable bonds is 6. The van der Waals surface area contributed by atoms with Crippen LogP contribution in [0.2, 0.25) is 0 Å². The lowest BCUT2D eigenvalue weighted by atomic mass is 10.0. The predicted molar refractivity (Wildman–Crippen MR) is 137 cm³/mol. The Kier molecular flexibility index (Phi) is 8.17. The van der Waals surface area contributed by atoms with Gasteiger partial charge < -0.3 is 40.8 Å². The molecule has 2 fully saturated rings. The third-order valence-corrected chi connectivity index (χ3v) is 6.67. The lowest BCUT2D eigenvalue weighted by Gasteiger charge is -2.43. The van der Waals surface area contributed by atoms with Gasteiger partial charge in [-0.05, 0) is 25.5 Å². The van der Waals surface area contributed by atoms with Gasteiger partial charge in [-0.2, -0.15) is 0 Å². The van der Waals surface area contributed by atoms with E-state index in [0.717, 1.165) is 16.5 Å². The lowest BCUT2D eigenvalue weighted by molar-refractivity contribution is -0.131. The van der Waals surface area contributed by atoms with Crippen LogP contribution in [0.25, 0.3) is 10.9 Å². The smallest absolute Gasteiger partial charge is 0.320 e. The van der Waals surface area contributed by atoms with E-state index < -0.39 is 23.9 Å². The summed E-state index contributed by atoms with van der Waals surface area (Å²) in [6, 6.07) is 4.99. The van der Waals surface area contributed by atoms with Gasteiger partial charge in [0.15, 0.2) is 0 Å². The molecule has 37 heavy (non-hydrogen) atoms. The minimum atomic E-state index is -0.994. The molecule has 2 aromatic rings. The quantitative estimate of drug-likeness (QED) is 0.436. The molecule has 1 aromatic carbocycles. The van der Waals surface area contributed by atoms with E-state index in [2.05, 4.69) is 15.6 Å².